The van der Waals surface area contributed by atoms with Crippen LogP contribution < -0.4 is 10.2 Å². The van der Waals surface area contributed by atoms with Crippen molar-refractivity contribution in [2.45, 2.75) is 25.3 Å². The Morgan fingerprint density at radius 1 is 1.10 bits per heavy atom. The number of carbonyl (C=O) groups is 1. The molecule has 1 N–H and O–H groups in total. The average molecular weight is 433 g/mol. The first-order valence-electron chi connectivity index (χ1n) is 10.1. The van der Waals surface area contributed by atoms with E-state index in [2.05, 4.69) is 15.2 Å². The van der Waals surface area contributed by atoms with Crippen molar-refractivity contribution in [2.24, 2.45) is 0 Å². The van der Waals surface area contributed by atoms with E-state index in [9.17, 15) is 13.2 Å². The highest BCUT2D eigenvalue weighted by atomic mass is 32.2. The maximum atomic E-state index is 12.5. The highest BCUT2D eigenvalue weighted by Crippen LogP contribution is 2.17. The lowest BCUT2D eigenvalue weighted by Crippen LogP contribution is -2.36. The Balaban J connectivity index is 1.58. The molecule has 9 heteroatoms. The molecule has 0 bridgehead atoms. The molecule has 1 amide bonds. The predicted molar refractivity (Wildman–Crippen MR) is 115 cm³/mol. The van der Waals surface area contributed by atoms with Crippen molar-refractivity contribution in [3.63, 3.8) is 0 Å². The van der Waals surface area contributed by atoms with Crippen molar-refractivity contribution in [1.82, 2.24) is 14.6 Å². The number of anilines is 1. The average Bonchev–Trinajstić information content (AvgIpc) is 2.79. The van der Waals surface area contributed by atoms with Crippen molar-refractivity contribution >= 4 is 21.7 Å². The normalized spacial score (nSPS) is 14.7. The minimum Gasteiger partial charge on any atom is -0.378 e. The second-order valence-corrected chi connectivity index (χ2v) is 8.86. The molecule has 1 aromatic carbocycles. The van der Waals surface area contributed by atoms with Gasteiger partial charge in [-0.15, -0.1) is 0 Å². The number of hydrogen-bond donors (Lipinski definition) is 1. The van der Waals surface area contributed by atoms with Crippen molar-refractivity contribution < 1.29 is 17.9 Å². The summed E-state index contributed by atoms with van der Waals surface area (Å²) >= 11 is 0. The summed E-state index contributed by atoms with van der Waals surface area (Å²) in [6.07, 6.45) is 1.75. The van der Waals surface area contributed by atoms with Gasteiger partial charge in [0.2, 0.25) is 10.0 Å². The Bertz CT molecular complexity index is 936. The molecule has 1 aliphatic heterocycles. The van der Waals surface area contributed by atoms with Gasteiger partial charge in [-0.1, -0.05) is 19.9 Å². The van der Waals surface area contributed by atoms with E-state index in [1.165, 1.54) is 28.6 Å². The summed E-state index contributed by atoms with van der Waals surface area (Å²) in [6.45, 7) is 7.79. The molecular weight excluding hydrogens is 404 g/mol. The molecule has 30 heavy (non-hydrogen) atoms. The smallest absolute Gasteiger partial charge is 0.251 e. The van der Waals surface area contributed by atoms with Crippen LogP contribution in [0.25, 0.3) is 0 Å². The molecule has 3 rings (SSSR count). The maximum absolute atomic E-state index is 12.5. The Morgan fingerprint density at radius 3 is 2.33 bits per heavy atom. The minimum atomic E-state index is -3.53. The molecule has 162 valence electrons. The molecule has 0 saturated carbocycles. The highest BCUT2D eigenvalue weighted by Gasteiger charge is 2.21. The number of hydrogen-bond acceptors (Lipinski definition) is 6. The summed E-state index contributed by atoms with van der Waals surface area (Å²) in [5.74, 6) is 0.636. The molecule has 0 aliphatic carbocycles. The van der Waals surface area contributed by atoms with Crippen molar-refractivity contribution in [2.75, 3.05) is 44.3 Å². The van der Waals surface area contributed by atoms with Crippen LogP contribution in [0, 0.1) is 0 Å². The summed E-state index contributed by atoms with van der Waals surface area (Å²) in [7, 11) is -3.53. The summed E-state index contributed by atoms with van der Waals surface area (Å²) in [6, 6.07) is 9.90. The van der Waals surface area contributed by atoms with E-state index >= 15 is 0 Å². The van der Waals surface area contributed by atoms with Crippen molar-refractivity contribution in [3.05, 3.63) is 53.7 Å². The SMILES string of the molecule is CCN(CC)S(=O)(=O)c1ccc(C(=O)NCc2ccc(N3CCOCC3)nc2)cc1. The van der Waals surface area contributed by atoms with Crippen LogP contribution in [0.5, 0.6) is 0 Å². The van der Waals surface area contributed by atoms with Gasteiger partial charge in [-0.2, -0.15) is 4.31 Å². The zero-order chi connectivity index (χ0) is 21.6. The van der Waals surface area contributed by atoms with Gasteiger partial charge in [0.05, 0.1) is 18.1 Å². The number of nitrogens with zero attached hydrogens (tertiary/aromatic N) is 3. The number of sulfonamides is 1. The number of rotatable bonds is 8. The zero-order valence-electron chi connectivity index (χ0n) is 17.4. The summed E-state index contributed by atoms with van der Waals surface area (Å²) in [5.41, 5.74) is 1.30. The number of carbonyl (C=O) groups excluding carboxylic acids is 1. The molecule has 1 fully saturated rings. The summed E-state index contributed by atoms with van der Waals surface area (Å²) in [5, 5.41) is 2.85. The Kier molecular flexibility index (Phi) is 7.41. The van der Waals surface area contributed by atoms with Gasteiger partial charge in [-0.3, -0.25) is 4.79 Å². The first kappa shape index (κ1) is 22.2. The van der Waals surface area contributed by atoms with E-state index in [0.29, 0.717) is 38.4 Å². The number of pyridine rings is 1. The van der Waals surface area contributed by atoms with Crippen molar-refractivity contribution in [3.8, 4) is 0 Å². The summed E-state index contributed by atoms with van der Waals surface area (Å²) < 4.78 is 31.8. The van der Waals surface area contributed by atoms with E-state index in [1.54, 1.807) is 20.0 Å². The van der Waals surface area contributed by atoms with Crippen LogP contribution in [0.15, 0.2) is 47.5 Å². The van der Waals surface area contributed by atoms with Crippen LogP contribution in [0.3, 0.4) is 0 Å². The minimum absolute atomic E-state index is 0.186. The molecule has 2 heterocycles. The van der Waals surface area contributed by atoms with Crippen LogP contribution in [-0.2, 0) is 21.3 Å². The molecule has 0 atom stereocenters. The third-order valence-electron chi connectivity index (χ3n) is 5.06. The second-order valence-electron chi connectivity index (χ2n) is 6.92. The number of nitrogens with one attached hydrogen (secondary N) is 1. The van der Waals surface area contributed by atoms with Gasteiger partial charge < -0.3 is 15.0 Å². The van der Waals surface area contributed by atoms with Gasteiger partial charge in [-0.05, 0) is 35.9 Å². The van der Waals surface area contributed by atoms with Crippen LogP contribution in [0.1, 0.15) is 29.8 Å². The van der Waals surface area contributed by atoms with Gasteiger partial charge in [0, 0.05) is 44.5 Å². The Hall–Kier alpha value is -2.49. The number of ether oxygens (including phenoxy) is 1. The fourth-order valence-corrected chi connectivity index (χ4v) is 4.73. The van der Waals surface area contributed by atoms with Crippen LogP contribution in [0.4, 0.5) is 5.82 Å². The van der Waals surface area contributed by atoms with Crippen LogP contribution in [0.2, 0.25) is 0 Å². The molecule has 8 nitrogen and oxygen atoms in total. The van der Waals surface area contributed by atoms with Gasteiger partial charge >= 0.3 is 0 Å². The zero-order valence-corrected chi connectivity index (χ0v) is 18.2. The Morgan fingerprint density at radius 2 is 1.77 bits per heavy atom. The van der Waals surface area contributed by atoms with Gasteiger partial charge in [-0.25, -0.2) is 13.4 Å². The third kappa shape index (κ3) is 5.16. The molecular formula is C21H28N4O4S. The van der Waals surface area contributed by atoms with Crippen LogP contribution >= 0.6 is 0 Å². The standard InChI is InChI=1S/C21H28N4O4S/c1-3-25(4-2)30(27,28)19-8-6-18(7-9-19)21(26)23-16-17-5-10-20(22-15-17)24-11-13-29-14-12-24/h5-10,15H,3-4,11-14,16H2,1-2H3,(H,23,26). The van der Waals surface area contributed by atoms with Gasteiger partial charge in [0.25, 0.3) is 5.91 Å². The van der Waals surface area contributed by atoms with Crippen molar-refractivity contribution in [1.29, 1.82) is 0 Å². The lowest BCUT2D eigenvalue weighted by Gasteiger charge is -2.27. The Labute approximate surface area is 177 Å². The van der Waals surface area contributed by atoms with E-state index in [0.717, 1.165) is 24.5 Å². The molecule has 1 aliphatic rings. The number of aromatic nitrogens is 1. The molecule has 0 spiro atoms. The second kappa shape index (κ2) is 10.0. The molecule has 0 unspecified atom stereocenters. The van der Waals surface area contributed by atoms with E-state index in [4.69, 9.17) is 4.74 Å². The third-order valence-corrected chi connectivity index (χ3v) is 7.12. The van der Waals surface area contributed by atoms with Gasteiger partial charge in [0.15, 0.2) is 0 Å². The first-order valence-corrected chi connectivity index (χ1v) is 11.6. The largest absolute Gasteiger partial charge is 0.378 e. The molecule has 2 aromatic rings. The first-order chi connectivity index (χ1) is 14.5. The monoisotopic (exact) mass is 432 g/mol. The van der Waals surface area contributed by atoms with E-state index in [1.807, 2.05) is 12.1 Å². The number of morpholine rings is 1. The van der Waals surface area contributed by atoms with Gasteiger partial charge in [0.1, 0.15) is 5.82 Å². The quantitative estimate of drug-likeness (QED) is 0.685. The van der Waals surface area contributed by atoms with E-state index in [-0.39, 0.29) is 10.8 Å². The fraction of sp³-hybridized carbons (Fsp3) is 0.429. The fourth-order valence-electron chi connectivity index (χ4n) is 3.28. The molecule has 0 radical (unpaired) electrons. The summed E-state index contributed by atoms with van der Waals surface area (Å²) in [4.78, 5) is 19.3. The molecule has 1 saturated heterocycles. The van der Waals surface area contributed by atoms with E-state index < -0.39 is 10.0 Å². The number of benzene rings is 1. The molecule has 1 aromatic heterocycles. The number of amides is 1. The lowest BCUT2D eigenvalue weighted by molar-refractivity contribution is 0.0950. The maximum Gasteiger partial charge on any atom is 0.251 e. The highest BCUT2D eigenvalue weighted by molar-refractivity contribution is 7.89. The predicted octanol–water partition coefficient (Wildman–Crippen LogP) is 1.88. The topological polar surface area (TPSA) is 91.8 Å². The lowest BCUT2D eigenvalue weighted by atomic mass is 10.2. The van der Waals surface area contributed by atoms with Crippen LogP contribution in [-0.4, -0.2) is 63.0 Å².